The largest absolute Gasteiger partial charge is 0.453 e. The molecule has 0 radical (unpaired) electrons. The second-order valence-electron chi connectivity index (χ2n) is 6.29. The van der Waals surface area contributed by atoms with Crippen molar-refractivity contribution in [2.45, 2.75) is 37.6 Å². The molecule has 5 atom stereocenters. The van der Waals surface area contributed by atoms with Gasteiger partial charge in [-0.25, -0.2) is 4.79 Å². The quantitative estimate of drug-likeness (QED) is 0.654. The van der Waals surface area contributed by atoms with E-state index in [0.29, 0.717) is 5.56 Å². The molecule has 1 aliphatic rings. The molecular formula is C19H27NO7. The molecule has 0 N–H and O–H groups in total. The third-order valence-corrected chi connectivity index (χ3v) is 4.65. The fourth-order valence-corrected chi connectivity index (χ4v) is 3.19. The fraction of sp³-hybridized carbons (Fsp3) is 0.579. The van der Waals surface area contributed by atoms with Crippen molar-refractivity contribution >= 4 is 11.9 Å². The normalized spacial score (nSPS) is 27.8. The van der Waals surface area contributed by atoms with Crippen molar-refractivity contribution < 1.29 is 33.3 Å². The van der Waals surface area contributed by atoms with Gasteiger partial charge in [-0.1, -0.05) is 18.2 Å². The van der Waals surface area contributed by atoms with Crippen molar-refractivity contribution in [1.82, 2.24) is 4.90 Å². The first-order valence-corrected chi connectivity index (χ1v) is 8.64. The fourth-order valence-electron chi connectivity index (χ4n) is 3.19. The summed E-state index contributed by atoms with van der Waals surface area (Å²) < 4.78 is 28.0. The van der Waals surface area contributed by atoms with Gasteiger partial charge in [0.1, 0.15) is 18.2 Å². The second kappa shape index (κ2) is 9.80. The Balaban J connectivity index is 2.38. The first kappa shape index (κ1) is 21.3. The van der Waals surface area contributed by atoms with E-state index in [4.69, 9.17) is 23.7 Å². The molecule has 1 saturated heterocycles. The minimum atomic E-state index is -0.810. The number of amides is 1. The first-order chi connectivity index (χ1) is 12.9. The van der Waals surface area contributed by atoms with Crippen LogP contribution in [0.1, 0.15) is 17.3 Å². The zero-order chi connectivity index (χ0) is 20.0. The van der Waals surface area contributed by atoms with Gasteiger partial charge in [0.05, 0.1) is 12.2 Å². The van der Waals surface area contributed by atoms with Crippen LogP contribution in [0.4, 0.5) is 0 Å². The Morgan fingerprint density at radius 1 is 1.07 bits per heavy atom. The topological polar surface area (TPSA) is 83.5 Å². The van der Waals surface area contributed by atoms with E-state index in [-0.39, 0.29) is 12.5 Å². The van der Waals surface area contributed by atoms with Crippen LogP contribution in [0.15, 0.2) is 30.3 Å². The van der Waals surface area contributed by atoms with E-state index in [9.17, 15) is 9.59 Å². The molecular weight excluding hydrogens is 354 g/mol. The monoisotopic (exact) mass is 381 g/mol. The van der Waals surface area contributed by atoms with Gasteiger partial charge in [-0.15, -0.1) is 0 Å². The lowest BCUT2D eigenvalue weighted by Crippen LogP contribution is -2.66. The summed E-state index contributed by atoms with van der Waals surface area (Å²) in [7, 11) is 6.11. The van der Waals surface area contributed by atoms with Gasteiger partial charge in [0.2, 0.25) is 5.91 Å². The van der Waals surface area contributed by atoms with E-state index < -0.39 is 36.6 Å². The highest BCUT2D eigenvalue weighted by atomic mass is 16.7. The molecule has 1 aromatic carbocycles. The van der Waals surface area contributed by atoms with Crippen molar-refractivity contribution in [3.8, 4) is 0 Å². The smallest absolute Gasteiger partial charge is 0.338 e. The maximum atomic E-state index is 12.7. The van der Waals surface area contributed by atoms with E-state index in [0.717, 1.165) is 0 Å². The average Bonchev–Trinajstić information content (AvgIpc) is 2.67. The number of hydrogen-bond acceptors (Lipinski definition) is 7. The molecule has 1 aliphatic heterocycles. The Morgan fingerprint density at radius 3 is 2.26 bits per heavy atom. The predicted octanol–water partition coefficient (Wildman–Crippen LogP) is 1.09. The number of ether oxygens (including phenoxy) is 5. The van der Waals surface area contributed by atoms with Crippen molar-refractivity contribution in [2.24, 2.45) is 0 Å². The minimum Gasteiger partial charge on any atom is -0.453 e. The van der Waals surface area contributed by atoms with Crippen LogP contribution in [-0.2, 0) is 28.5 Å². The molecule has 0 aromatic heterocycles. The summed E-state index contributed by atoms with van der Waals surface area (Å²) in [6.07, 6.45) is -2.79. The van der Waals surface area contributed by atoms with Gasteiger partial charge >= 0.3 is 5.97 Å². The van der Waals surface area contributed by atoms with Gasteiger partial charge in [-0.05, 0) is 12.1 Å². The molecule has 8 nitrogen and oxygen atoms in total. The number of likely N-dealkylation sites (N-methyl/N-ethyl adjacent to an activating group) is 1. The van der Waals surface area contributed by atoms with Gasteiger partial charge in [0, 0.05) is 35.3 Å². The number of rotatable bonds is 7. The molecule has 0 bridgehead atoms. The number of benzene rings is 1. The summed E-state index contributed by atoms with van der Waals surface area (Å²) >= 11 is 0. The zero-order valence-corrected chi connectivity index (χ0v) is 16.3. The third-order valence-electron chi connectivity index (χ3n) is 4.65. The van der Waals surface area contributed by atoms with Crippen molar-refractivity contribution in [2.75, 3.05) is 35.0 Å². The van der Waals surface area contributed by atoms with Crippen LogP contribution in [0.5, 0.6) is 0 Å². The molecule has 1 aromatic rings. The van der Waals surface area contributed by atoms with Gasteiger partial charge in [-0.2, -0.15) is 0 Å². The third kappa shape index (κ3) is 4.84. The summed E-state index contributed by atoms with van der Waals surface area (Å²) in [6, 6.07) is 7.95. The van der Waals surface area contributed by atoms with Crippen LogP contribution in [0.25, 0.3) is 0 Å². The molecule has 150 valence electrons. The Hall–Kier alpha value is -2.00. The van der Waals surface area contributed by atoms with E-state index in [1.54, 1.807) is 31.3 Å². The molecule has 0 unspecified atom stereocenters. The van der Waals surface area contributed by atoms with E-state index in [2.05, 4.69) is 0 Å². The number of hydrogen-bond donors (Lipinski definition) is 0. The van der Waals surface area contributed by atoms with Crippen molar-refractivity contribution in [3.63, 3.8) is 0 Å². The molecule has 27 heavy (non-hydrogen) atoms. The molecule has 1 fully saturated rings. The summed E-state index contributed by atoms with van der Waals surface area (Å²) in [5.41, 5.74) is 0.403. The van der Waals surface area contributed by atoms with Crippen LogP contribution in [0.2, 0.25) is 0 Å². The van der Waals surface area contributed by atoms with Crippen LogP contribution in [0, 0.1) is 0 Å². The predicted molar refractivity (Wildman–Crippen MR) is 96.2 cm³/mol. The molecule has 0 aliphatic carbocycles. The van der Waals surface area contributed by atoms with Crippen LogP contribution >= 0.6 is 0 Å². The molecule has 8 heteroatoms. The van der Waals surface area contributed by atoms with Gasteiger partial charge in [0.25, 0.3) is 0 Å². The SMILES string of the molecule is COC[C@H]1O[C@@H](OC)[C@H](N(C)C(C)=O)[C@@H](OC(=O)c2ccccc2)[C@@H]1OC. The second-order valence-corrected chi connectivity index (χ2v) is 6.29. The van der Waals surface area contributed by atoms with E-state index in [1.165, 1.54) is 33.2 Å². The highest BCUT2D eigenvalue weighted by Crippen LogP contribution is 2.30. The van der Waals surface area contributed by atoms with Crippen LogP contribution < -0.4 is 0 Å². The van der Waals surface area contributed by atoms with Gasteiger partial charge in [0.15, 0.2) is 12.4 Å². The Bertz CT molecular complexity index is 624. The zero-order valence-electron chi connectivity index (χ0n) is 16.3. The number of esters is 1. The maximum absolute atomic E-state index is 12.7. The molecule has 2 rings (SSSR count). The van der Waals surface area contributed by atoms with Crippen LogP contribution in [0.3, 0.4) is 0 Å². The molecule has 0 spiro atoms. The first-order valence-electron chi connectivity index (χ1n) is 8.64. The number of nitrogens with zero attached hydrogens (tertiary/aromatic N) is 1. The van der Waals surface area contributed by atoms with E-state index in [1.807, 2.05) is 6.07 Å². The Morgan fingerprint density at radius 2 is 1.74 bits per heavy atom. The Labute approximate surface area is 159 Å². The maximum Gasteiger partial charge on any atom is 0.338 e. The lowest BCUT2D eigenvalue weighted by atomic mass is 9.95. The number of carbonyl (C=O) groups is 2. The summed E-state index contributed by atoms with van der Waals surface area (Å²) in [5.74, 6) is -0.732. The van der Waals surface area contributed by atoms with Crippen LogP contribution in [-0.4, -0.2) is 82.4 Å². The molecule has 1 amide bonds. The average molecular weight is 381 g/mol. The molecule has 0 saturated carbocycles. The lowest BCUT2D eigenvalue weighted by molar-refractivity contribution is -0.281. The number of methoxy groups -OCH3 is 3. The van der Waals surface area contributed by atoms with Crippen molar-refractivity contribution in [1.29, 1.82) is 0 Å². The summed E-state index contributed by atoms with van der Waals surface area (Å²) in [4.78, 5) is 26.1. The van der Waals surface area contributed by atoms with E-state index >= 15 is 0 Å². The summed E-state index contributed by atoms with van der Waals surface area (Å²) in [5, 5.41) is 0. The standard InChI is InChI=1S/C19H27NO7/c1-12(21)20(2)15-17(27-18(22)13-9-7-6-8-10-13)16(24-4)14(11-23-3)26-19(15)25-5/h6-10,14-17,19H,11H2,1-5H3/t14-,15-,16-,17-,19-/m1/s1. The number of carbonyl (C=O) groups excluding carboxylic acids is 2. The highest BCUT2D eigenvalue weighted by molar-refractivity contribution is 5.89. The van der Waals surface area contributed by atoms with Crippen molar-refractivity contribution in [3.05, 3.63) is 35.9 Å². The van der Waals surface area contributed by atoms with Gasteiger partial charge in [-0.3, -0.25) is 4.79 Å². The Kier molecular flexibility index (Phi) is 7.73. The van der Waals surface area contributed by atoms with Gasteiger partial charge < -0.3 is 28.6 Å². The molecule has 1 heterocycles. The summed E-state index contributed by atoms with van der Waals surface area (Å²) in [6.45, 7) is 1.64. The lowest BCUT2D eigenvalue weighted by Gasteiger charge is -2.47. The highest BCUT2D eigenvalue weighted by Gasteiger charge is 2.51. The minimum absolute atomic E-state index is 0.216.